The van der Waals surface area contributed by atoms with Crippen molar-refractivity contribution in [1.29, 1.82) is 0 Å². The van der Waals surface area contributed by atoms with E-state index in [1.807, 2.05) is 12.1 Å². The van der Waals surface area contributed by atoms with E-state index in [4.69, 9.17) is 0 Å². The molecule has 2 atom stereocenters. The number of hydrogen-bond acceptors (Lipinski definition) is 3. The first-order valence-electron chi connectivity index (χ1n) is 8.69. The summed E-state index contributed by atoms with van der Waals surface area (Å²) in [6.45, 7) is 3.39. The molecule has 0 bridgehead atoms. The van der Waals surface area contributed by atoms with Gasteiger partial charge in [-0.1, -0.05) is 30.3 Å². The molecule has 0 spiro atoms. The highest BCUT2D eigenvalue weighted by Crippen LogP contribution is 2.23. The Morgan fingerprint density at radius 1 is 1.19 bits per heavy atom. The molecule has 144 valence electrons. The normalized spacial score (nSPS) is 17.6. The first-order valence-corrected chi connectivity index (χ1v) is 8.69. The summed E-state index contributed by atoms with van der Waals surface area (Å²) in [5.41, 5.74) is 1.25. The van der Waals surface area contributed by atoms with Crippen LogP contribution < -0.4 is 10.6 Å². The number of benzene rings is 2. The topological polar surface area (TPSA) is 61.4 Å². The molecule has 0 saturated carbocycles. The van der Waals surface area contributed by atoms with Crippen molar-refractivity contribution in [3.8, 4) is 0 Å². The van der Waals surface area contributed by atoms with Gasteiger partial charge in [-0.05, 0) is 36.8 Å². The predicted molar refractivity (Wildman–Crippen MR) is 104 cm³/mol. The molecule has 0 aromatic heterocycles. The van der Waals surface area contributed by atoms with Gasteiger partial charge < -0.3 is 15.5 Å². The molecule has 27 heavy (non-hydrogen) atoms. The molecule has 1 aliphatic rings. The summed E-state index contributed by atoms with van der Waals surface area (Å²) in [6.07, 6.45) is 0. The smallest absolute Gasteiger partial charge is 0.251 e. The summed E-state index contributed by atoms with van der Waals surface area (Å²) >= 11 is 0. The third-order valence-corrected chi connectivity index (χ3v) is 4.51. The van der Waals surface area contributed by atoms with E-state index in [9.17, 15) is 14.0 Å². The molecule has 1 saturated heterocycles. The van der Waals surface area contributed by atoms with Crippen molar-refractivity contribution in [2.45, 2.75) is 19.0 Å². The van der Waals surface area contributed by atoms with Crippen molar-refractivity contribution >= 4 is 24.2 Å². The number of nitrogens with one attached hydrogen (secondary N) is 2. The van der Waals surface area contributed by atoms with Crippen LogP contribution in [0.15, 0.2) is 54.6 Å². The van der Waals surface area contributed by atoms with Crippen LogP contribution in [0.5, 0.6) is 0 Å². The first-order chi connectivity index (χ1) is 12.6. The quantitative estimate of drug-likeness (QED) is 0.842. The minimum Gasteiger partial charge on any atom is -0.341 e. The van der Waals surface area contributed by atoms with Gasteiger partial charge in [-0.15, -0.1) is 12.4 Å². The fraction of sp³-hybridized carbons (Fsp3) is 0.300. The minimum atomic E-state index is -0.670. The monoisotopic (exact) mass is 391 g/mol. The lowest BCUT2D eigenvalue weighted by atomic mass is 10.0. The highest BCUT2D eigenvalue weighted by atomic mass is 35.5. The van der Waals surface area contributed by atoms with Crippen LogP contribution in [-0.2, 0) is 4.79 Å². The van der Waals surface area contributed by atoms with Crippen LogP contribution in [0, 0.1) is 5.82 Å². The Balaban J connectivity index is 0.00000261. The largest absolute Gasteiger partial charge is 0.341 e. The molecule has 7 heteroatoms. The second kappa shape index (κ2) is 9.48. The van der Waals surface area contributed by atoms with E-state index in [0.29, 0.717) is 25.2 Å². The predicted octanol–water partition coefficient (Wildman–Crippen LogP) is 2.54. The molecule has 2 amide bonds. The molecule has 1 aliphatic heterocycles. The van der Waals surface area contributed by atoms with E-state index in [2.05, 4.69) is 10.6 Å². The van der Waals surface area contributed by atoms with Crippen LogP contribution in [0.1, 0.15) is 28.9 Å². The van der Waals surface area contributed by atoms with E-state index < -0.39 is 6.04 Å². The van der Waals surface area contributed by atoms with Crippen LogP contribution in [0.3, 0.4) is 0 Å². The number of amides is 2. The van der Waals surface area contributed by atoms with Crippen LogP contribution in [0.2, 0.25) is 0 Å². The molecule has 2 unspecified atom stereocenters. The zero-order valence-corrected chi connectivity index (χ0v) is 15.8. The molecule has 2 aromatic rings. The molecular weight excluding hydrogens is 369 g/mol. The molecule has 5 nitrogen and oxygen atoms in total. The Labute approximate surface area is 164 Å². The zero-order chi connectivity index (χ0) is 18.5. The van der Waals surface area contributed by atoms with Crippen molar-refractivity contribution < 1.29 is 14.0 Å². The summed E-state index contributed by atoms with van der Waals surface area (Å²) in [5.74, 6) is -0.792. The maximum Gasteiger partial charge on any atom is 0.251 e. The third-order valence-electron chi connectivity index (χ3n) is 4.51. The van der Waals surface area contributed by atoms with E-state index in [1.54, 1.807) is 42.2 Å². The molecule has 3 rings (SSSR count). The second-order valence-corrected chi connectivity index (χ2v) is 6.37. The van der Waals surface area contributed by atoms with Gasteiger partial charge in [0.05, 0.1) is 6.04 Å². The summed E-state index contributed by atoms with van der Waals surface area (Å²) in [5, 5.41) is 5.99. The molecule has 0 radical (unpaired) electrons. The van der Waals surface area contributed by atoms with Gasteiger partial charge in [0.1, 0.15) is 11.9 Å². The van der Waals surface area contributed by atoms with Gasteiger partial charge in [0.2, 0.25) is 5.91 Å². The molecular formula is C20H23ClFN3O2. The SMILES string of the molecule is CC(NC(=O)c1ccccc1)C(=O)N1CCNCC1c1cccc(F)c1.Cl. The van der Waals surface area contributed by atoms with Gasteiger partial charge in [0.15, 0.2) is 0 Å². The molecule has 2 N–H and O–H groups in total. The first kappa shape index (κ1) is 20.9. The van der Waals surface area contributed by atoms with Crippen molar-refractivity contribution in [2.75, 3.05) is 19.6 Å². The van der Waals surface area contributed by atoms with E-state index >= 15 is 0 Å². The zero-order valence-electron chi connectivity index (χ0n) is 15.0. The van der Waals surface area contributed by atoms with Gasteiger partial charge in [0, 0.05) is 25.2 Å². The average Bonchev–Trinajstić information content (AvgIpc) is 2.68. The van der Waals surface area contributed by atoms with Gasteiger partial charge in [-0.2, -0.15) is 0 Å². The number of rotatable bonds is 4. The van der Waals surface area contributed by atoms with Crippen LogP contribution >= 0.6 is 12.4 Å². The van der Waals surface area contributed by atoms with Crippen LogP contribution in [0.25, 0.3) is 0 Å². The lowest BCUT2D eigenvalue weighted by molar-refractivity contribution is -0.136. The Morgan fingerprint density at radius 3 is 2.63 bits per heavy atom. The van der Waals surface area contributed by atoms with E-state index in [1.165, 1.54) is 12.1 Å². The third kappa shape index (κ3) is 5.05. The van der Waals surface area contributed by atoms with Crippen molar-refractivity contribution in [3.63, 3.8) is 0 Å². The Kier molecular flexibility index (Phi) is 7.33. The van der Waals surface area contributed by atoms with E-state index in [0.717, 1.165) is 5.56 Å². The van der Waals surface area contributed by atoms with Gasteiger partial charge >= 0.3 is 0 Å². The van der Waals surface area contributed by atoms with Crippen molar-refractivity contribution in [2.24, 2.45) is 0 Å². The van der Waals surface area contributed by atoms with E-state index in [-0.39, 0.29) is 36.1 Å². The molecule has 0 aliphatic carbocycles. The maximum atomic E-state index is 13.6. The Hall–Kier alpha value is -2.44. The number of carbonyl (C=O) groups is 2. The fourth-order valence-electron chi connectivity index (χ4n) is 3.16. The van der Waals surface area contributed by atoms with Gasteiger partial charge in [0.25, 0.3) is 5.91 Å². The minimum absolute atomic E-state index is 0. The molecule has 2 aromatic carbocycles. The lowest BCUT2D eigenvalue weighted by Gasteiger charge is -2.38. The summed E-state index contributed by atoms with van der Waals surface area (Å²) in [6, 6.07) is 14.1. The summed E-state index contributed by atoms with van der Waals surface area (Å²) in [4.78, 5) is 26.9. The maximum absolute atomic E-state index is 13.6. The fourth-order valence-corrected chi connectivity index (χ4v) is 3.16. The van der Waals surface area contributed by atoms with Crippen molar-refractivity contribution in [1.82, 2.24) is 15.5 Å². The highest BCUT2D eigenvalue weighted by molar-refractivity contribution is 5.97. The number of hydrogen-bond donors (Lipinski definition) is 2. The number of nitrogens with zero attached hydrogens (tertiary/aromatic N) is 1. The van der Waals surface area contributed by atoms with Crippen LogP contribution in [-0.4, -0.2) is 42.4 Å². The number of halogens is 2. The molecule has 1 heterocycles. The second-order valence-electron chi connectivity index (χ2n) is 6.37. The molecule has 1 fully saturated rings. The Morgan fingerprint density at radius 2 is 1.93 bits per heavy atom. The van der Waals surface area contributed by atoms with Crippen molar-refractivity contribution in [3.05, 3.63) is 71.5 Å². The summed E-state index contributed by atoms with van der Waals surface area (Å²) in [7, 11) is 0. The highest BCUT2D eigenvalue weighted by Gasteiger charge is 2.31. The van der Waals surface area contributed by atoms with Crippen LogP contribution in [0.4, 0.5) is 4.39 Å². The Bertz CT molecular complexity index is 788. The number of carbonyl (C=O) groups excluding carboxylic acids is 2. The van der Waals surface area contributed by atoms with Gasteiger partial charge in [-0.3, -0.25) is 9.59 Å². The van der Waals surface area contributed by atoms with Gasteiger partial charge in [-0.25, -0.2) is 4.39 Å². The number of piperazine rings is 1. The lowest BCUT2D eigenvalue weighted by Crippen LogP contribution is -2.54. The summed E-state index contributed by atoms with van der Waals surface area (Å²) < 4.78 is 13.6. The standard InChI is InChI=1S/C20H22FN3O2.ClH/c1-14(23-19(25)15-6-3-2-4-7-15)20(26)24-11-10-22-13-18(24)16-8-5-9-17(21)12-16;/h2-9,12,14,18,22H,10-11,13H2,1H3,(H,23,25);1H. The average molecular weight is 392 g/mol.